The van der Waals surface area contributed by atoms with Gasteiger partial charge in [0.1, 0.15) is 0 Å². The molecule has 0 radical (unpaired) electrons. The van der Waals surface area contributed by atoms with Crippen LogP contribution in [0.2, 0.25) is 5.02 Å². The maximum Gasteiger partial charge on any atom is 0.172 e. The van der Waals surface area contributed by atoms with Crippen LogP contribution in [-0.2, 0) is 0 Å². The molecule has 1 aliphatic rings. The molecule has 0 saturated carbocycles. The summed E-state index contributed by atoms with van der Waals surface area (Å²) in [6.45, 7) is 1.14. The van der Waals surface area contributed by atoms with E-state index in [1.165, 1.54) is 0 Å². The maximum absolute atomic E-state index is 8.99. The van der Waals surface area contributed by atoms with Gasteiger partial charge in [0.15, 0.2) is 5.84 Å². The SMILES string of the molecule is NC(=NO)c1cc(Cl)ccc1N1CCCC1CCCO. The normalized spacial score (nSPS) is 19.6. The molecule has 0 aliphatic carbocycles. The third-order valence-corrected chi connectivity index (χ3v) is 3.96. The molecule has 1 unspecified atom stereocenters. The summed E-state index contributed by atoms with van der Waals surface area (Å²) < 4.78 is 0. The summed E-state index contributed by atoms with van der Waals surface area (Å²) >= 11 is 6.00. The number of aliphatic hydroxyl groups is 1. The number of halogens is 1. The molecule has 1 aromatic rings. The third-order valence-electron chi connectivity index (χ3n) is 3.72. The van der Waals surface area contributed by atoms with Gasteiger partial charge in [0.2, 0.25) is 0 Å². The van der Waals surface area contributed by atoms with Gasteiger partial charge >= 0.3 is 0 Å². The zero-order chi connectivity index (χ0) is 14.5. The number of rotatable bonds is 5. The van der Waals surface area contributed by atoms with Crippen molar-refractivity contribution in [3.8, 4) is 0 Å². The summed E-state index contributed by atoms with van der Waals surface area (Å²) in [4.78, 5) is 2.26. The molecular formula is C14H20ClN3O2. The van der Waals surface area contributed by atoms with E-state index in [9.17, 15) is 0 Å². The Morgan fingerprint density at radius 3 is 3.00 bits per heavy atom. The number of nitrogens with zero attached hydrogens (tertiary/aromatic N) is 2. The Kier molecular flexibility index (Phi) is 5.09. The van der Waals surface area contributed by atoms with Gasteiger partial charge in [-0.05, 0) is 43.9 Å². The fourth-order valence-corrected chi connectivity index (χ4v) is 2.97. The van der Waals surface area contributed by atoms with E-state index in [4.69, 9.17) is 27.6 Å². The molecule has 0 spiro atoms. The molecule has 2 rings (SSSR count). The lowest BCUT2D eigenvalue weighted by atomic mass is 10.1. The second-order valence-electron chi connectivity index (χ2n) is 5.00. The molecule has 0 bridgehead atoms. The molecule has 110 valence electrons. The second-order valence-corrected chi connectivity index (χ2v) is 5.44. The first-order chi connectivity index (χ1) is 9.67. The fourth-order valence-electron chi connectivity index (χ4n) is 2.80. The van der Waals surface area contributed by atoms with Crippen LogP contribution in [0.25, 0.3) is 0 Å². The van der Waals surface area contributed by atoms with Crippen molar-refractivity contribution < 1.29 is 10.3 Å². The molecule has 4 N–H and O–H groups in total. The van der Waals surface area contributed by atoms with Crippen molar-refractivity contribution in [3.63, 3.8) is 0 Å². The lowest BCUT2D eigenvalue weighted by Gasteiger charge is -2.28. The Balaban J connectivity index is 2.31. The van der Waals surface area contributed by atoms with Crippen LogP contribution in [0.5, 0.6) is 0 Å². The maximum atomic E-state index is 8.99. The quantitative estimate of drug-likeness (QED) is 0.337. The summed E-state index contributed by atoms with van der Waals surface area (Å²) in [6, 6.07) is 5.82. The van der Waals surface area contributed by atoms with E-state index in [1.807, 2.05) is 12.1 Å². The average Bonchev–Trinajstić information content (AvgIpc) is 2.92. The van der Waals surface area contributed by atoms with Crippen LogP contribution < -0.4 is 10.6 Å². The number of hydrogen-bond acceptors (Lipinski definition) is 4. The molecule has 20 heavy (non-hydrogen) atoms. The van der Waals surface area contributed by atoms with Crippen LogP contribution >= 0.6 is 11.6 Å². The van der Waals surface area contributed by atoms with Crippen molar-refractivity contribution in [2.24, 2.45) is 10.9 Å². The second kappa shape index (κ2) is 6.81. The van der Waals surface area contributed by atoms with Gasteiger partial charge in [0.25, 0.3) is 0 Å². The first-order valence-corrected chi connectivity index (χ1v) is 7.20. The first-order valence-electron chi connectivity index (χ1n) is 6.82. The highest BCUT2D eigenvalue weighted by molar-refractivity contribution is 6.31. The number of benzene rings is 1. The third kappa shape index (κ3) is 3.16. The molecular weight excluding hydrogens is 278 g/mol. The summed E-state index contributed by atoms with van der Waals surface area (Å²) in [5, 5.41) is 21.6. The summed E-state index contributed by atoms with van der Waals surface area (Å²) in [7, 11) is 0. The van der Waals surface area contributed by atoms with Crippen LogP contribution in [0.4, 0.5) is 5.69 Å². The van der Waals surface area contributed by atoms with E-state index in [-0.39, 0.29) is 12.4 Å². The van der Waals surface area contributed by atoms with Gasteiger partial charge in [-0.25, -0.2) is 0 Å². The molecule has 0 amide bonds. The standard InChI is InChI=1S/C14H20ClN3O2/c15-10-5-6-13(12(9-10)14(16)17-20)18-7-1-3-11(18)4-2-8-19/h5-6,9,11,19-20H,1-4,7-8H2,(H2,16,17). The zero-order valence-electron chi connectivity index (χ0n) is 11.3. The van der Waals surface area contributed by atoms with Gasteiger partial charge in [-0.15, -0.1) is 0 Å². The van der Waals surface area contributed by atoms with Gasteiger partial charge in [0.05, 0.1) is 0 Å². The Bertz CT molecular complexity index is 493. The van der Waals surface area contributed by atoms with E-state index in [1.54, 1.807) is 6.07 Å². The molecule has 1 aromatic carbocycles. The molecule has 1 aliphatic heterocycles. The first kappa shape index (κ1) is 14.9. The Hall–Kier alpha value is -1.46. The molecule has 5 nitrogen and oxygen atoms in total. The number of anilines is 1. The molecule has 1 saturated heterocycles. The summed E-state index contributed by atoms with van der Waals surface area (Å²) in [5.74, 6) is 0.0651. The van der Waals surface area contributed by atoms with Crippen molar-refractivity contribution >= 4 is 23.1 Å². The predicted octanol–water partition coefficient (Wildman–Crippen LogP) is 2.18. The van der Waals surface area contributed by atoms with Gasteiger partial charge < -0.3 is 20.9 Å². The molecule has 1 atom stereocenters. The highest BCUT2D eigenvalue weighted by atomic mass is 35.5. The van der Waals surface area contributed by atoms with Crippen molar-refractivity contribution in [1.82, 2.24) is 0 Å². The lowest BCUT2D eigenvalue weighted by molar-refractivity contribution is 0.279. The summed E-state index contributed by atoms with van der Waals surface area (Å²) in [5.41, 5.74) is 7.34. The number of oxime groups is 1. The van der Waals surface area contributed by atoms with Crippen LogP contribution in [0.3, 0.4) is 0 Å². The minimum absolute atomic E-state index is 0.0651. The van der Waals surface area contributed by atoms with Crippen molar-refractivity contribution in [1.29, 1.82) is 0 Å². The van der Waals surface area contributed by atoms with Crippen LogP contribution in [0.15, 0.2) is 23.4 Å². The number of nitrogens with two attached hydrogens (primary N) is 1. The molecule has 0 aromatic heterocycles. The number of aliphatic hydroxyl groups excluding tert-OH is 1. The van der Waals surface area contributed by atoms with Gasteiger partial charge in [0, 0.05) is 35.5 Å². The van der Waals surface area contributed by atoms with Crippen LogP contribution in [0, 0.1) is 0 Å². The molecule has 1 fully saturated rings. The monoisotopic (exact) mass is 297 g/mol. The Labute approximate surface area is 123 Å². The minimum atomic E-state index is 0.0651. The number of amidine groups is 1. The molecule has 1 heterocycles. The minimum Gasteiger partial charge on any atom is -0.409 e. The van der Waals surface area contributed by atoms with E-state index >= 15 is 0 Å². The highest BCUT2D eigenvalue weighted by Crippen LogP contribution is 2.32. The van der Waals surface area contributed by atoms with E-state index in [2.05, 4.69) is 10.1 Å². The van der Waals surface area contributed by atoms with Gasteiger partial charge in [-0.2, -0.15) is 0 Å². The number of hydrogen-bond donors (Lipinski definition) is 3. The van der Waals surface area contributed by atoms with Crippen molar-refractivity contribution in [2.45, 2.75) is 31.7 Å². The van der Waals surface area contributed by atoms with Crippen LogP contribution in [-0.4, -0.2) is 35.3 Å². The van der Waals surface area contributed by atoms with E-state index in [0.717, 1.165) is 37.9 Å². The highest BCUT2D eigenvalue weighted by Gasteiger charge is 2.26. The van der Waals surface area contributed by atoms with Gasteiger partial charge in [-0.3, -0.25) is 0 Å². The zero-order valence-corrected chi connectivity index (χ0v) is 12.1. The van der Waals surface area contributed by atoms with E-state index in [0.29, 0.717) is 16.6 Å². The summed E-state index contributed by atoms with van der Waals surface area (Å²) in [6.07, 6.45) is 3.93. The smallest absolute Gasteiger partial charge is 0.172 e. The van der Waals surface area contributed by atoms with Crippen molar-refractivity contribution in [2.75, 3.05) is 18.1 Å². The topological polar surface area (TPSA) is 82.1 Å². The fraction of sp³-hybridized carbons (Fsp3) is 0.500. The van der Waals surface area contributed by atoms with E-state index < -0.39 is 0 Å². The Morgan fingerprint density at radius 2 is 2.30 bits per heavy atom. The largest absolute Gasteiger partial charge is 0.409 e. The van der Waals surface area contributed by atoms with Crippen molar-refractivity contribution in [3.05, 3.63) is 28.8 Å². The predicted molar refractivity (Wildman–Crippen MR) is 80.7 cm³/mol. The molecule has 6 heteroatoms. The van der Waals surface area contributed by atoms with Gasteiger partial charge in [-0.1, -0.05) is 16.8 Å². The lowest BCUT2D eigenvalue weighted by Crippen LogP contribution is -2.31. The average molecular weight is 298 g/mol. The van der Waals surface area contributed by atoms with Crippen LogP contribution in [0.1, 0.15) is 31.2 Å². The Morgan fingerprint density at radius 1 is 1.50 bits per heavy atom.